The second kappa shape index (κ2) is 9.16. The van der Waals surface area contributed by atoms with Crippen molar-refractivity contribution in [2.24, 2.45) is 0 Å². The Bertz CT molecular complexity index is 959. The Hall–Kier alpha value is -3.08. The van der Waals surface area contributed by atoms with Crippen molar-refractivity contribution in [2.75, 3.05) is 13.7 Å². The number of aliphatic hydroxyl groups is 1. The Morgan fingerprint density at radius 1 is 1.10 bits per heavy atom. The lowest BCUT2D eigenvalue weighted by Crippen LogP contribution is -2.30. The van der Waals surface area contributed by atoms with Crippen molar-refractivity contribution in [3.05, 3.63) is 70.8 Å². The standard InChI is InChI=1S/C25H29NO4/c1-5-6-15-26-22(18-13-11-17(12-14-18)16(2)3)21(24(28)25(26)29)23(27)19-9-7-8-10-20(19)30-4/h7-14,16,22,27H,5-6,15H2,1-4H3/b23-21-. The van der Waals surface area contributed by atoms with Gasteiger partial charge >= 0.3 is 0 Å². The average molecular weight is 408 g/mol. The molecule has 0 aromatic heterocycles. The molecule has 0 aliphatic carbocycles. The Morgan fingerprint density at radius 2 is 1.77 bits per heavy atom. The van der Waals surface area contributed by atoms with Crippen molar-refractivity contribution in [3.8, 4) is 5.75 Å². The summed E-state index contributed by atoms with van der Waals surface area (Å²) in [7, 11) is 1.51. The lowest BCUT2D eigenvalue weighted by atomic mass is 9.93. The third-order valence-corrected chi connectivity index (χ3v) is 5.57. The van der Waals surface area contributed by atoms with Crippen LogP contribution in [0.4, 0.5) is 0 Å². The minimum Gasteiger partial charge on any atom is -0.507 e. The molecule has 5 nitrogen and oxygen atoms in total. The zero-order valence-corrected chi connectivity index (χ0v) is 18.0. The second-order valence-corrected chi connectivity index (χ2v) is 7.87. The Balaban J connectivity index is 2.17. The zero-order valence-electron chi connectivity index (χ0n) is 18.0. The van der Waals surface area contributed by atoms with Crippen LogP contribution in [0.5, 0.6) is 5.75 Å². The number of hydrogen-bond donors (Lipinski definition) is 1. The van der Waals surface area contributed by atoms with Crippen molar-refractivity contribution in [2.45, 2.75) is 45.6 Å². The molecule has 1 aliphatic heterocycles. The number of hydrogen-bond acceptors (Lipinski definition) is 4. The lowest BCUT2D eigenvalue weighted by Gasteiger charge is -2.25. The molecule has 158 valence electrons. The molecule has 1 N–H and O–H groups in total. The van der Waals surface area contributed by atoms with E-state index in [0.717, 1.165) is 18.4 Å². The van der Waals surface area contributed by atoms with Gasteiger partial charge in [0.15, 0.2) is 0 Å². The van der Waals surface area contributed by atoms with Crippen molar-refractivity contribution in [1.29, 1.82) is 0 Å². The molecule has 0 bridgehead atoms. The molecule has 2 aromatic rings. The molecule has 1 saturated heterocycles. The fourth-order valence-corrected chi connectivity index (χ4v) is 3.83. The van der Waals surface area contributed by atoms with E-state index in [1.54, 1.807) is 29.2 Å². The fraction of sp³-hybridized carbons (Fsp3) is 0.360. The number of Topliss-reactive ketones (excluding diaryl/α,β-unsaturated/α-hetero) is 1. The topological polar surface area (TPSA) is 66.8 Å². The first-order chi connectivity index (χ1) is 14.4. The predicted molar refractivity (Wildman–Crippen MR) is 117 cm³/mol. The number of rotatable bonds is 7. The van der Waals surface area contributed by atoms with Gasteiger partial charge in [-0.1, -0.05) is 63.6 Å². The van der Waals surface area contributed by atoms with Gasteiger partial charge in [0.1, 0.15) is 11.5 Å². The molecule has 1 aliphatic rings. The highest BCUT2D eigenvalue weighted by Gasteiger charge is 2.45. The predicted octanol–water partition coefficient (Wildman–Crippen LogP) is 5.04. The third-order valence-electron chi connectivity index (χ3n) is 5.57. The smallest absolute Gasteiger partial charge is 0.295 e. The number of carbonyl (C=O) groups is 2. The van der Waals surface area contributed by atoms with Gasteiger partial charge in [0.2, 0.25) is 0 Å². The quantitative estimate of drug-likeness (QED) is 0.397. The number of ketones is 1. The summed E-state index contributed by atoms with van der Waals surface area (Å²) in [6, 6.07) is 14.3. The molecule has 30 heavy (non-hydrogen) atoms. The van der Waals surface area contributed by atoms with Gasteiger partial charge in [-0.15, -0.1) is 0 Å². The first-order valence-corrected chi connectivity index (χ1v) is 10.4. The molecule has 3 rings (SSSR count). The fourth-order valence-electron chi connectivity index (χ4n) is 3.83. The van der Waals surface area contributed by atoms with Gasteiger partial charge in [0.25, 0.3) is 11.7 Å². The summed E-state index contributed by atoms with van der Waals surface area (Å²) < 4.78 is 5.36. The molecule has 1 unspecified atom stereocenters. The minimum atomic E-state index is -0.660. The highest BCUT2D eigenvalue weighted by Crippen LogP contribution is 2.41. The molecule has 1 fully saturated rings. The van der Waals surface area contributed by atoms with Crippen LogP contribution in [0.2, 0.25) is 0 Å². The van der Waals surface area contributed by atoms with Gasteiger partial charge in [-0.2, -0.15) is 0 Å². The summed E-state index contributed by atoms with van der Waals surface area (Å²) in [5.74, 6) is -0.615. The lowest BCUT2D eigenvalue weighted by molar-refractivity contribution is -0.139. The van der Waals surface area contributed by atoms with Crippen LogP contribution in [0.15, 0.2) is 54.1 Å². The van der Waals surface area contributed by atoms with Gasteiger partial charge in [-0.3, -0.25) is 9.59 Å². The highest BCUT2D eigenvalue weighted by molar-refractivity contribution is 6.46. The Morgan fingerprint density at radius 3 is 2.37 bits per heavy atom. The van der Waals surface area contributed by atoms with E-state index in [0.29, 0.717) is 23.8 Å². The number of nitrogens with zero attached hydrogens (tertiary/aromatic N) is 1. The monoisotopic (exact) mass is 407 g/mol. The van der Waals surface area contributed by atoms with Gasteiger partial charge in [-0.05, 0) is 35.6 Å². The van der Waals surface area contributed by atoms with Crippen LogP contribution in [-0.4, -0.2) is 35.4 Å². The second-order valence-electron chi connectivity index (χ2n) is 7.87. The Kier molecular flexibility index (Phi) is 6.60. The molecule has 0 radical (unpaired) electrons. The van der Waals surface area contributed by atoms with E-state index in [9.17, 15) is 14.7 Å². The van der Waals surface area contributed by atoms with Crippen LogP contribution >= 0.6 is 0 Å². The summed E-state index contributed by atoms with van der Waals surface area (Å²) in [6.07, 6.45) is 1.68. The number of ether oxygens (including phenoxy) is 1. The van der Waals surface area contributed by atoms with E-state index in [1.165, 1.54) is 12.7 Å². The van der Waals surface area contributed by atoms with Gasteiger partial charge in [0.05, 0.1) is 24.3 Å². The molecule has 1 atom stereocenters. The van der Waals surface area contributed by atoms with Gasteiger partial charge < -0.3 is 14.7 Å². The van der Waals surface area contributed by atoms with Crippen LogP contribution in [0.3, 0.4) is 0 Å². The summed E-state index contributed by atoms with van der Waals surface area (Å²) in [4.78, 5) is 27.5. The normalized spacial score (nSPS) is 18.3. The van der Waals surface area contributed by atoms with Crippen LogP contribution in [-0.2, 0) is 9.59 Å². The summed E-state index contributed by atoms with van der Waals surface area (Å²) in [5, 5.41) is 11.1. The summed E-state index contributed by atoms with van der Waals surface area (Å²) >= 11 is 0. The van der Waals surface area contributed by atoms with Gasteiger partial charge in [-0.25, -0.2) is 0 Å². The first kappa shape index (κ1) is 21.6. The largest absolute Gasteiger partial charge is 0.507 e. The van der Waals surface area contributed by atoms with Crippen LogP contribution < -0.4 is 4.74 Å². The molecule has 2 aromatic carbocycles. The number of amides is 1. The number of benzene rings is 2. The summed E-state index contributed by atoms with van der Waals surface area (Å²) in [6.45, 7) is 6.73. The van der Waals surface area contributed by atoms with Crippen LogP contribution in [0.25, 0.3) is 5.76 Å². The number of para-hydroxylation sites is 1. The van der Waals surface area contributed by atoms with E-state index >= 15 is 0 Å². The number of methoxy groups -OCH3 is 1. The molecular weight excluding hydrogens is 378 g/mol. The minimum absolute atomic E-state index is 0.109. The zero-order chi connectivity index (χ0) is 21.8. The van der Waals surface area contributed by atoms with Crippen molar-refractivity contribution < 1.29 is 19.4 Å². The van der Waals surface area contributed by atoms with E-state index < -0.39 is 17.7 Å². The third kappa shape index (κ3) is 3.97. The van der Waals surface area contributed by atoms with Crippen molar-refractivity contribution in [3.63, 3.8) is 0 Å². The molecule has 1 heterocycles. The maximum atomic E-state index is 13.0. The average Bonchev–Trinajstić information content (AvgIpc) is 3.01. The molecule has 0 spiro atoms. The summed E-state index contributed by atoms with van der Waals surface area (Å²) in [5.41, 5.74) is 2.50. The number of carbonyl (C=O) groups excluding carboxylic acids is 2. The first-order valence-electron chi connectivity index (χ1n) is 10.4. The van der Waals surface area contributed by atoms with Crippen LogP contribution in [0, 0.1) is 0 Å². The van der Waals surface area contributed by atoms with Crippen molar-refractivity contribution in [1.82, 2.24) is 4.90 Å². The molecule has 0 saturated carbocycles. The molecule has 1 amide bonds. The van der Waals surface area contributed by atoms with Crippen LogP contribution in [0.1, 0.15) is 62.3 Å². The SMILES string of the molecule is CCCCN1C(=O)C(=O)/C(=C(\O)c2ccccc2OC)C1c1ccc(C(C)C)cc1. The van der Waals surface area contributed by atoms with E-state index in [2.05, 4.69) is 13.8 Å². The molecular formula is C25H29NO4. The highest BCUT2D eigenvalue weighted by atomic mass is 16.5. The maximum absolute atomic E-state index is 13.0. The van der Waals surface area contributed by atoms with Crippen molar-refractivity contribution >= 4 is 17.4 Å². The Labute approximate surface area is 178 Å². The number of aliphatic hydroxyl groups excluding tert-OH is 1. The van der Waals surface area contributed by atoms with Gasteiger partial charge in [0, 0.05) is 6.54 Å². The van der Waals surface area contributed by atoms with E-state index in [1.807, 2.05) is 31.2 Å². The maximum Gasteiger partial charge on any atom is 0.295 e. The number of unbranched alkanes of at least 4 members (excludes halogenated alkanes) is 1. The van der Waals surface area contributed by atoms with E-state index in [4.69, 9.17) is 4.74 Å². The number of likely N-dealkylation sites (tertiary alicyclic amines) is 1. The van der Waals surface area contributed by atoms with E-state index in [-0.39, 0.29) is 11.3 Å². The molecule has 5 heteroatoms.